The molecule has 0 bridgehead atoms. The molecule has 1 aromatic carbocycles. The maximum absolute atomic E-state index is 12.6. The molecular weight excluding hydrogens is 460 g/mol. The number of benzene rings is 1. The molecule has 3 rings (SSSR count). The molecular formula is C24H28N2O7S. The van der Waals surface area contributed by atoms with Crippen molar-refractivity contribution in [3.63, 3.8) is 0 Å². The third kappa shape index (κ3) is 6.15. The van der Waals surface area contributed by atoms with Crippen molar-refractivity contribution in [2.75, 3.05) is 34.0 Å². The zero-order chi connectivity index (χ0) is 24.5. The number of ether oxygens (including phenoxy) is 4. The minimum atomic E-state index is -0.606. The minimum absolute atomic E-state index is 0.0135. The van der Waals surface area contributed by atoms with Gasteiger partial charge in [0.1, 0.15) is 17.2 Å². The van der Waals surface area contributed by atoms with Crippen LogP contribution in [0.25, 0.3) is 10.6 Å². The lowest BCUT2D eigenvalue weighted by molar-refractivity contribution is -0.144. The second-order valence-corrected chi connectivity index (χ2v) is 8.11. The fraction of sp³-hybridized carbons (Fsp3) is 0.375. The fourth-order valence-electron chi connectivity index (χ4n) is 3.42. The van der Waals surface area contributed by atoms with Gasteiger partial charge in [-0.05, 0) is 31.4 Å². The van der Waals surface area contributed by atoms with Gasteiger partial charge in [0.25, 0.3) is 0 Å². The van der Waals surface area contributed by atoms with Gasteiger partial charge in [0, 0.05) is 30.3 Å². The zero-order valence-corrected chi connectivity index (χ0v) is 20.5. The summed E-state index contributed by atoms with van der Waals surface area (Å²) in [5, 5.41) is 6.06. The Hall–Kier alpha value is -3.37. The lowest BCUT2D eigenvalue weighted by atomic mass is 10.1. The van der Waals surface area contributed by atoms with E-state index in [1.807, 2.05) is 34.5 Å². The van der Waals surface area contributed by atoms with Crippen molar-refractivity contribution < 1.29 is 33.1 Å². The third-order valence-corrected chi connectivity index (χ3v) is 5.81. The van der Waals surface area contributed by atoms with E-state index in [9.17, 15) is 9.59 Å². The molecule has 0 atom stereocenters. The molecule has 0 radical (unpaired) electrons. The number of nitrogens with zero attached hydrogens (tertiary/aromatic N) is 2. The number of aromatic nitrogens is 1. The quantitative estimate of drug-likeness (QED) is 0.348. The maximum Gasteiger partial charge on any atom is 0.377 e. The highest BCUT2D eigenvalue weighted by Gasteiger charge is 2.27. The minimum Gasteiger partial charge on any atom is -0.497 e. The molecule has 0 aliphatic rings. The van der Waals surface area contributed by atoms with Gasteiger partial charge in [0.15, 0.2) is 0 Å². The number of methoxy groups -OCH3 is 2. The van der Waals surface area contributed by atoms with Gasteiger partial charge in [0.2, 0.25) is 5.76 Å². The standard InChI is InChI=1S/C24H28N2O7S/c1-5-31-21(27)15-26(13-16-9-10-17(29-3)12-19(16)30-4)14-18-22(20-8-7-11-34-20)25-33-23(18)24(28)32-6-2/h7-12H,5-6,13-15H2,1-4H3. The average molecular weight is 489 g/mol. The largest absolute Gasteiger partial charge is 0.497 e. The molecule has 0 amide bonds. The molecule has 2 heterocycles. The van der Waals surface area contributed by atoms with E-state index in [4.69, 9.17) is 23.5 Å². The Labute approximate surface area is 202 Å². The van der Waals surface area contributed by atoms with Gasteiger partial charge in [-0.2, -0.15) is 0 Å². The Bertz CT molecular complexity index is 1090. The molecule has 182 valence electrons. The highest BCUT2D eigenvalue weighted by Crippen LogP contribution is 2.32. The molecule has 0 aliphatic carbocycles. The predicted octanol–water partition coefficient (Wildman–Crippen LogP) is 4.16. The molecule has 0 unspecified atom stereocenters. The molecule has 0 spiro atoms. The first-order chi connectivity index (χ1) is 16.5. The van der Waals surface area contributed by atoms with Crippen molar-refractivity contribution in [2.45, 2.75) is 26.9 Å². The van der Waals surface area contributed by atoms with Crippen LogP contribution >= 0.6 is 11.3 Å². The van der Waals surface area contributed by atoms with E-state index in [0.717, 1.165) is 10.4 Å². The molecule has 0 saturated heterocycles. The summed E-state index contributed by atoms with van der Waals surface area (Å²) in [5.41, 5.74) is 1.91. The van der Waals surface area contributed by atoms with E-state index in [-0.39, 0.29) is 38.0 Å². The molecule has 0 aliphatic heterocycles. The smallest absolute Gasteiger partial charge is 0.377 e. The number of rotatable bonds is 12. The predicted molar refractivity (Wildman–Crippen MR) is 126 cm³/mol. The zero-order valence-electron chi connectivity index (χ0n) is 19.7. The Morgan fingerprint density at radius 2 is 1.85 bits per heavy atom. The monoisotopic (exact) mass is 488 g/mol. The van der Waals surface area contributed by atoms with Crippen LogP contribution in [0.5, 0.6) is 11.5 Å². The Morgan fingerprint density at radius 3 is 2.50 bits per heavy atom. The lowest BCUT2D eigenvalue weighted by Crippen LogP contribution is -2.31. The topological polar surface area (TPSA) is 100 Å². The van der Waals surface area contributed by atoms with E-state index in [1.54, 1.807) is 34.1 Å². The SMILES string of the molecule is CCOC(=O)CN(Cc1ccc(OC)cc1OC)Cc1c(-c2cccs2)noc1C(=O)OCC. The van der Waals surface area contributed by atoms with Crippen molar-refractivity contribution >= 4 is 23.3 Å². The second kappa shape index (κ2) is 12.2. The van der Waals surface area contributed by atoms with E-state index in [0.29, 0.717) is 29.3 Å². The van der Waals surface area contributed by atoms with Crippen LogP contribution in [-0.4, -0.2) is 56.0 Å². The number of carbonyl (C=O) groups excluding carboxylic acids is 2. The van der Waals surface area contributed by atoms with E-state index in [2.05, 4.69) is 5.16 Å². The molecule has 34 heavy (non-hydrogen) atoms. The van der Waals surface area contributed by atoms with E-state index < -0.39 is 5.97 Å². The number of hydrogen-bond acceptors (Lipinski definition) is 10. The van der Waals surface area contributed by atoms with Crippen LogP contribution in [0.3, 0.4) is 0 Å². The number of thiophene rings is 1. The van der Waals surface area contributed by atoms with Crippen LogP contribution in [0.2, 0.25) is 0 Å². The van der Waals surface area contributed by atoms with Crippen molar-refractivity contribution in [3.8, 4) is 22.1 Å². The van der Waals surface area contributed by atoms with Crippen molar-refractivity contribution in [1.29, 1.82) is 0 Å². The highest BCUT2D eigenvalue weighted by molar-refractivity contribution is 7.13. The van der Waals surface area contributed by atoms with E-state index >= 15 is 0 Å². The van der Waals surface area contributed by atoms with E-state index in [1.165, 1.54) is 11.3 Å². The summed E-state index contributed by atoms with van der Waals surface area (Å²) in [4.78, 5) is 27.7. The molecule has 9 nitrogen and oxygen atoms in total. The van der Waals surface area contributed by atoms with Crippen molar-refractivity contribution in [1.82, 2.24) is 10.1 Å². The first kappa shape index (κ1) is 25.3. The average Bonchev–Trinajstić information content (AvgIpc) is 3.49. The van der Waals surface area contributed by atoms with Crippen LogP contribution in [0.15, 0.2) is 40.2 Å². The number of carbonyl (C=O) groups is 2. The third-order valence-electron chi connectivity index (χ3n) is 4.93. The van der Waals surface area contributed by atoms with Crippen LogP contribution in [0, 0.1) is 0 Å². The molecule has 2 aromatic heterocycles. The van der Waals surface area contributed by atoms with Crippen molar-refractivity contribution in [3.05, 3.63) is 52.6 Å². The Kier molecular flexibility index (Phi) is 9.06. The van der Waals surface area contributed by atoms with Gasteiger partial charge in [0.05, 0.1) is 38.9 Å². The fourth-order valence-corrected chi connectivity index (χ4v) is 4.16. The van der Waals surface area contributed by atoms with Gasteiger partial charge < -0.3 is 23.5 Å². The van der Waals surface area contributed by atoms with Crippen LogP contribution < -0.4 is 9.47 Å². The molecule has 0 N–H and O–H groups in total. The van der Waals surface area contributed by atoms with Gasteiger partial charge in [-0.15, -0.1) is 11.3 Å². The van der Waals surface area contributed by atoms with Crippen molar-refractivity contribution in [2.24, 2.45) is 0 Å². The first-order valence-corrected chi connectivity index (χ1v) is 11.7. The first-order valence-electron chi connectivity index (χ1n) is 10.8. The molecule has 10 heteroatoms. The molecule has 0 fully saturated rings. The van der Waals surface area contributed by atoms with Gasteiger partial charge in [-0.25, -0.2) is 4.79 Å². The van der Waals surface area contributed by atoms with Gasteiger partial charge in [-0.1, -0.05) is 17.3 Å². The summed E-state index contributed by atoms with van der Waals surface area (Å²) < 4.78 is 26.6. The summed E-state index contributed by atoms with van der Waals surface area (Å²) >= 11 is 1.47. The van der Waals surface area contributed by atoms with Gasteiger partial charge >= 0.3 is 11.9 Å². The maximum atomic E-state index is 12.6. The summed E-state index contributed by atoms with van der Waals surface area (Å²) in [6.07, 6.45) is 0. The summed E-state index contributed by atoms with van der Waals surface area (Å²) in [7, 11) is 3.15. The van der Waals surface area contributed by atoms with Crippen LogP contribution in [0.1, 0.15) is 35.5 Å². The second-order valence-electron chi connectivity index (χ2n) is 7.16. The summed E-state index contributed by atoms with van der Waals surface area (Å²) in [6, 6.07) is 9.25. The molecule has 3 aromatic rings. The Morgan fingerprint density at radius 1 is 1.06 bits per heavy atom. The molecule has 0 saturated carbocycles. The number of hydrogen-bond donors (Lipinski definition) is 0. The highest BCUT2D eigenvalue weighted by atomic mass is 32.1. The van der Waals surface area contributed by atoms with Gasteiger partial charge in [-0.3, -0.25) is 9.69 Å². The number of esters is 2. The normalized spacial score (nSPS) is 10.9. The summed E-state index contributed by atoms with van der Waals surface area (Å²) in [6.45, 7) is 4.45. The van der Waals surface area contributed by atoms with Crippen LogP contribution in [-0.2, 0) is 27.4 Å². The summed E-state index contributed by atoms with van der Waals surface area (Å²) in [5.74, 6) is 0.289. The lowest BCUT2D eigenvalue weighted by Gasteiger charge is -2.23. The Balaban J connectivity index is 1.98. The van der Waals surface area contributed by atoms with Crippen LogP contribution in [0.4, 0.5) is 0 Å².